The molecule has 0 radical (unpaired) electrons. The number of aliphatic hydroxyl groups excluding tert-OH is 1. The Morgan fingerprint density at radius 2 is 1.25 bits per heavy atom. The second-order valence-corrected chi connectivity index (χ2v) is 22.3. The van der Waals surface area contributed by atoms with Gasteiger partial charge in [-0.05, 0) is 90.0 Å². The highest BCUT2D eigenvalue weighted by Crippen LogP contribution is 2.40. The van der Waals surface area contributed by atoms with E-state index in [-0.39, 0.29) is 16.9 Å². The van der Waals surface area contributed by atoms with Crippen molar-refractivity contribution in [1.29, 1.82) is 0 Å². The number of benzene rings is 3. The summed E-state index contributed by atoms with van der Waals surface area (Å²) in [6.07, 6.45) is 11.7. The zero-order chi connectivity index (χ0) is 37.6. The molecule has 0 bridgehead atoms. The van der Waals surface area contributed by atoms with Crippen molar-refractivity contribution in [1.82, 2.24) is 4.98 Å². The summed E-state index contributed by atoms with van der Waals surface area (Å²) in [5.41, 5.74) is 3.57. The van der Waals surface area contributed by atoms with Crippen LogP contribution in [0.4, 0.5) is 0 Å². The van der Waals surface area contributed by atoms with Gasteiger partial charge in [-0.1, -0.05) is 153 Å². The van der Waals surface area contributed by atoms with E-state index in [2.05, 4.69) is 146 Å². The quantitative estimate of drug-likeness (QED) is 0.0683. The largest absolute Gasteiger partial charge is 0.421 e. The van der Waals surface area contributed by atoms with Crippen molar-refractivity contribution in [3.63, 3.8) is 0 Å². The number of aromatic nitrogens is 1. The fourth-order valence-corrected chi connectivity index (χ4v) is 10.8. The summed E-state index contributed by atoms with van der Waals surface area (Å²) in [6.45, 7) is 19.4. The predicted octanol–water partition coefficient (Wildman–Crippen LogP) is 10.1. The minimum absolute atomic E-state index is 0.00787. The van der Waals surface area contributed by atoms with Gasteiger partial charge in [0.05, 0.1) is 17.7 Å². The zero-order valence-corrected chi connectivity index (χ0v) is 36.1. The van der Waals surface area contributed by atoms with Crippen molar-refractivity contribution in [2.45, 2.75) is 143 Å². The van der Waals surface area contributed by atoms with Crippen LogP contribution in [0.3, 0.4) is 0 Å². The number of aliphatic hydroxyl groups is 1. The first-order valence-corrected chi connectivity index (χ1v) is 24.7. The highest BCUT2D eigenvalue weighted by atomic mass is 28.3. The number of rotatable bonds is 21. The Labute approximate surface area is 320 Å². The van der Waals surface area contributed by atoms with Crippen LogP contribution in [0.5, 0.6) is 0 Å². The highest BCUT2D eigenvalue weighted by molar-refractivity contribution is 6.80. The van der Waals surface area contributed by atoms with E-state index in [0.717, 1.165) is 37.1 Å². The predicted molar refractivity (Wildman–Crippen MR) is 228 cm³/mol. The molecule has 0 spiro atoms. The first-order valence-electron chi connectivity index (χ1n) is 20.3. The Morgan fingerprint density at radius 3 is 1.85 bits per heavy atom. The van der Waals surface area contributed by atoms with Crippen LogP contribution in [-0.4, -0.2) is 47.0 Å². The van der Waals surface area contributed by atoms with Crippen molar-refractivity contribution in [2.24, 2.45) is 10.8 Å². The standard InChI is InChI=1S/C46H69NO3Si2/c1-45(2,3)42(27-19-11-9-10-12-20-33-49-51(7)8)37-30-29-36-31-32-38(47-43(36)34-37)35-39(48)22-21-28-44(46(4,5)6)50-52(40-23-15-13-16-24-40)41-25-17-14-18-26-41/h13-18,23-26,29-32,34,39,42,44,48,51-52H,9-12,19-22,27-28,33,35H2,1-8H3. The van der Waals surface area contributed by atoms with Gasteiger partial charge in [0.1, 0.15) is 0 Å². The van der Waals surface area contributed by atoms with E-state index >= 15 is 0 Å². The summed E-state index contributed by atoms with van der Waals surface area (Å²) in [5.74, 6) is 0.488. The average Bonchev–Trinajstić information content (AvgIpc) is 3.10. The van der Waals surface area contributed by atoms with Gasteiger partial charge in [0.25, 0.3) is 0 Å². The summed E-state index contributed by atoms with van der Waals surface area (Å²) in [7, 11) is -2.75. The molecule has 284 valence electrons. The SMILES string of the molecule is C[SiH](C)OCCCCCCCCC(c1ccc2ccc(CC(O)CCCC(O[SiH](c3ccccc3)c3ccccc3)C(C)(C)C)nc2c1)C(C)(C)C. The Bertz CT molecular complexity index is 1540. The molecule has 3 unspecified atom stereocenters. The lowest BCUT2D eigenvalue weighted by atomic mass is 9.73. The van der Waals surface area contributed by atoms with Crippen LogP contribution < -0.4 is 10.4 Å². The topological polar surface area (TPSA) is 51.6 Å². The van der Waals surface area contributed by atoms with Crippen LogP contribution in [0.2, 0.25) is 13.1 Å². The fraction of sp³-hybridized carbons (Fsp3) is 0.543. The second-order valence-electron chi connectivity index (χ2n) is 17.5. The third-order valence-electron chi connectivity index (χ3n) is 10.5. The van der Waals surface area contributed by atoms with Gasteiger partial charge in [-0.15, -0.1) is 0 Å². The average molecular weight is 740 g/mol. The molecule has 0 aliphatic rings. The van der Waals surface area contributed by atoms with Crippen LogP contribution in [0, 0.1) is 10.8 Å². The van der Waals surface area contributed by atoms with Gasteiger partial charge in [0.15, 0.2) is 9.04 Å². The molecule has 1 N–H and O–H groups in total. The second kappa shape index (κ2) is 20.7. The number of pyridine rings is 1. The fourth-order valence-electron chi connectivity index (χ4n) is 7.44. The molecule has 1 heterocycles. The van der Waals surface area contributed by atoms with E-state index in [4.69, 9.17) is 13.8 Å². The van der Waals surface area contributed by atoms with Crippen molar-refractivity contribution >= 4 is 39.4 Å². The van der Waals surface area contributed by atoms with E-state index in [1.807, 2.05) is 0 Å². The van der Waals surface area contributed by atoms with Crippen LogP contribution in [-0.2, 0) is 15.3 Å². The summed E-state index contributed by atoms with van der Waals surface area (Å²) in [4.78, 5) is 5.10. The monoisotopic (exact) mass is 739 g/mol. The van der Waals surface area contributed by atoms with E-state index in [1.165, 1.54) is 66.3 Å². The van der Waals surface area contributed by atoms with Crippen LogP contribution >= 0.6 is 0 Å². The lowest BCUT2D eigenvalue weighted by Gasteiger charge is -2.35. The van der Waals surface area contributed by atoms with Gasteiger partial charge in [-0.2, -0.15) is 0 Å². The highest BCUT2D eigenvalue weighted by Gasteiger charge is 2.30. The summed E-state index contributed by atoms with van der Waals surface area (Å²) in [6, 6.07) is 32.6. The van der Waals surface area contributed by atoms with Crippen molar-refractivity contribution in [3.8, 4) is 0 Å². The normalized spacial score (nSPS) is 14.3. The summed E-state index contributed by atoms with van der Waals surface area (Å²) in [5, 5.41) is 15.0. The maximum absolute atomic E-state index is 11.2. The van der Waals surface area contributed by atoms with E-state index < -0.39 is 24.2 Å². The molecule has 0 saturated carbocycles. The summed E-state index contributed by atoms with van der Waals surface area (Å²) >= 11 is 0. The molecule has 3 aromatic carbocycles. The van der Waals surface area contributed by atoms with Crippen molar-refractivity contribution in [3.05, 3.63) is 102 Å². The molecule has 1 aromatic heterocycles. The molecule has 0 aliphatic carbocycles. The van der Waals surface area contributed by atoms with Crippen LogP contribution in [0.15, 0.2) is 91.0 Å². The Kier molecular flexibility index (Phi) is 16.8. The summed E-state index contributed by atoms with van der Waals surface area (Å²) < 4.78 is 12.9. The van der Waals surface area contributed by atoms with Gasteiger partial charge < -0.3 is 14.0 Å². The Morgan fingerprint density at radius 1 is 0.654 bits per heavy atom. The Balaban J connectivity index is 1.33. The molecular weight excluding hydrogens is 671 g/mol. The minimum atomic E-state index is -1.87. The first-order chi connectivity index (χ1) is 24.8. The lowest BCUT2D eigenvalue weighted by molar-refractivity contribution is 0.0727. The van der Waals surface area contributed by atoms with Gasteiger partial charge >= 0.3 is 0 Å². The molecule has 3 atom stereocenters. The van der Waals surface area contributed by atoms with Gasteiger partial charge in [0.2, 0.25) is 9.04 Å². The molecular formula is C46H69NO3Si2. The van der Waals surface area contributed by atoms with Gasteiger partial charge in [0, 0.05) is 24.1 Å². The molecule has 0 saturated heterocycles. The molecule has 4 rings (SSSR count). The minimum Gasteiger partial charge on any atom is -0.421 e. The van der Waals surface area contributed by atoms with Crippen molar-refractivity contribution in [2.75, 3.05) is 6.61 Å². The Hall–Kier alpha value is -2.62. The van der Waals surface area contributed by atoms with Gasteiger partial charge in [-0.3, -0.25) is 4.98 Å². The number of fused-ring (bicyclic) bond motifs is 1. The van der Waals surface area contributed by atoms with Crippen LogP contribution in [0.25, 0.3) is 10.9 Å². The number of hydrogen-bond acceptors (Lipinski definition) is 4. The number of unbranched alkanes of at least 4 members (excludes halogenated alkanes) is 5. The molecule has 4 aromatic rings. The smallest absolute Gasteiger partial charge is 0.240 e. The maximum Gasteiger partial charge on any atom is 0.240 e. The van der Waals surface area contributed by atoms with Crippen LogP contribution in [0.1, 0.15) is 123 Å². The molecule has 0 fully saturated rings. The maximum atomic E-state index is 11.2. The van der Waals surface area contributed by atoms with Gasteiger partial charge in [-0.25, -0.2) is 0 Å². The molecule has 0 amide bonds. The number of hydrogen-bond donors (Lipinski definition) is 1. The molecule has 6 heteroatoms. The first kappa shape index (κ1) is 42.1. The van der Waals surface area contributed by atoms with E-state index in [1.54, 1.807) is 0 Å². The van der Waals surface area contributed by atoms with E-state index in [9.17, 15) is 5.11 Å². The molecule has 4 nitrogen and oxygen atoms in total. The molecule has 52 heavy (non-hydrogen) atoms. The van der Waals surface area contributed by atoms with Crippen molar-refractivity contribution < 1.29 is 14.0 Å². The lowest BCUT2D eigenvalue weighted by Crippen LogP contribution is -2.49. The third-order valence-corrected chi connectivity index (χ3v) is 14.0. The molecule has 0 aliphatic heterocycles. The zero-order valence-electron chi connectivity index (χ0n) is 33.7. The third kappa shape index (κ3) is 14.0. The number of nitrogens with zero attached hydrogens (tertiary/aromatic N) is 1. The van der Waals surface area contributed by atoms with E-state index in [0.29, 0.717) is 12.3 Å².